The Morgan fingerprint density at radius 2 is 2.32 bits per heavy atom. The van der Waals surface area contributed by atoms with E-state index in [1.165, 1.54) is 18.6 Å². The van der Waals surface area contributed by atoms with Crippen LogP contribution in [0.2, 0.25) is 5.02 Å². The van der Waals surface area contributed by atoms with E-state index in [4.69, 9.17) is 11.6 Å². The van der Waals surface area contributed by atoms with Gasteiger partial charge in [0.25, 0.3) is 0 Å². The molecular formula is C16H23ClFN3O. The minimum atomic E-state index is -0.460. The number of carbonyl (C=O) groups is 1. The highest BCUT2D eigenvalue weighted by molar-refractivity contribution is 6.30. The van der Waals surface area contributed by atoms with E-state index in [2.05, 4.69) is 17.3 Å². The normalized spacial score (nSPS) is 19.0. The average molecular weight is 328 g/mol. The lowest BCUT2D eigenvalue weighted by Gasteiger charge is -2.30. The number of hydrogen-bond acceptors (Lipinski definition) is 2. The summed E-state index contributed by atoms with van der Waals surface area (Å²) < 4.78 is 13.4. The number of amides is 2. The molecule has 1 atom stereocenters. The van der Waals surface area contributed by atoms with Gasteiger partial charge in [-0.1, -0.05) is 17.7 Å². The number of urea groups is 1. The third-order valence-corrected chi connectivity index (χ3v) is 4.32. The zero-order chi connectivity index (χ0) is 16.1. The van der Waals surface area contributed by atoms with Crippen molar-refractivity contribution in [3.63, 3.8) is 0 Å². The second-order valence-electron chi connectivity index (χ2n) is 6.06. The molecule has 2 rings (SSSR count). The maximum Gasteiger partial charge on any atom is 0.317 e. The third-order valence-electron chi connectivity index (χ3n) is 4.01. The van der Waals surface area contributed by atoms with Crippen LogP contribution in [0.4, 0.5) is 9.18 Å². The van der Waals surface area contributed by atoms with E-state index in [1.807, 2.05) is 0 Å². The van der Waals surface area contributed by atoms with Gasteiger partial charge in [-0.3, -0.25) is 0 Å². The lowest BCUT2D eigenvalue weighted by atomic mass is 9.99. The standard InChI is InChI=1S/C16H23ClFN3O/c1-20-7-3-4-13(10-20)9-19-16(22)21(2)11-12-5-6-14(17)15(18)8-12/h5-6,8,13H,3-4,7,9-11H2,1-2H3,(H,19,22)/t13-/m1/s1. The highest BCUT2D eigenvalue weighted by Crippen LogP contribution is 2.17. The molecule has 1 aliphatic heterocycles. The molecule has 22 heavy (non-hydrogen) atoms. The molecule has 0 aromatic heterocycles. The van der Waals surface area contributed by atoms with Crippen molar-refractivity contribution in [2.45, 2.75) is 19.4 Å². The van der Waals surface area contributed by atoms with Crippen molar-refractivity contribution in [1.82, 2.24) is 15.1 Å². The summed E-state index contributed by atoms with van der Waals surface area (Å²) in [5.41, 5.74) is 0.719. The van der Waals surface area contributed by atoms with Crippen LogP contribution in [0.15, 0.2) is 18.2 Å². The molecule has 0 spiro atoms. The predicted octanol–water partition coefficient (Wildman–Crippen LogP) is 2.96. The molecule has 1 N–H and O–H groups in total. The Balaban J connectivity index is 1.80. The van der Waals surface area contributed by atoms with Crippen molar-refractivity contribution >= 4 is 17.6 Å². The molecule has 0 saturated carbocycles. The number of nitrogens with one attached hydrogen (secondary N) is 1. The van der Waals surface area contributed by atoms with Crippen LogP contribution >= 0.6 is 11.6 Å². The van der Waals surface area contributed by atoms with E-state index in [9.17, 15) is 9.18 Å². The topological polar surface area (TPSA) is 35.6 Å². The van der Waals surface area contributed by atoms with E-state index in [1.54, 1.807) is 18.0 Å². The molecule has 0 unspecified atom stereocenters. The number of halogens is 2. The largest absolute Gasteiger partial charge is 0.338 e. The number of piperidine rings is 1. The number of benzene rings is 1. The zero-order valence-corrected chi connectivity index (χ0v) is 13.9. The summed E-state index contributed by atoms with van der Waals surface area (Å²) in [5.74, 6) is 0.0438. The van der Waals surface area contributed by atoms with Crippen LogP contribution in [0.25, 0.3) is 0 Å². The number of carbonyl (C=O) groups excluding carboxylic acids is 1. The lowest BCUT2D eigenvalue weighted by Crippen LogP contribution is -2.43. The van der Waals surface area contributed by atoms with Crippen LogP contribution in [0.3, 0.4) is 0 Å². The molecule has 0 radical (unpaired) electrons. The fourth-order valence-corrected chi connectivity index (χ4v) is 2.91. The van der Waals surface area contributed by atoms with Crippen LogP contribution in [0.1, 0.15) is 18.4 Å². The minimum absolute atomic E-state index is 0.0947. The first kappa shape index (κ1) is 17.0. The number of nitrogens with zero attached hydrogens (tertiary/aromatic N) is 2. The van der Waals surface area contributed by atoms with E-state index >= 15 is 0 Å². The monoisotopic (exact) mass is 327 g/mol. The highest BCUT2D eigenvalue weighted by atomic mass is 35.5. The van der Waals surface area contributed by atoms with Crippen molar-refractivity contribution in [2.24, 2.45) is 5.92 Å². The molecule has 1 heterocycles. The molecule has 4 nitrogen and oxygen atoms in total. The van der Waals surface area contributed by atoms with E-state index in [0.717, 1.165) is 25.1 Å². The predicted molar refractivity (Wildman–Crippen MR) is 86.5 cm³/mol. The molecule has 1 aliphatic rings. The van der Waals surface area contributed by atoms with E-state index in [-0.39, 0.29) is 11.1 Å². The van der Waals surface area contributed by atoms with E-state index in [0.29, 0.717) is 19.0 Å². The maximum absolute atomic E-state index is 13.4. The molecule has 122 valence electrons. The fourth-order valence-electron chi connectivity index (χ4n) is 2.79. The SMILES string of the molecule is CN1CCC[C@H](CNC(=O)N(C)Cc2ccc(Cl)c(F)c2)C1. The average Bonchev–Trinajstić information content (AvgIpc) is 2.48. The zero-order valence-electron chi connectivity index (χ0n) is 13.1. The molecule has 0 aliphatic carbocycles. The first-order valence-corrected chi connectivity index (χ1v) is 7.95. The summed E-state index contributed by atoms with van der Waals surface area (Å²) >= 11 is 5.66. The van der Waals surface area contributed by atoms with Crippen molar-refractivity contribution in [3.05, 3.63) is 34.6 Å². The van der Waals surface area contributed by atoms with Crippen molar-refractivity contribution in [2.75, 3.05) is 33.7 Å². The summed E-state index contributed by atoms with van der Waals surface area (Å²) in [6.45, 7) is 3.19. The first-order chi connectivity index (χ1) is 10.5. The minimum Gasteiger partial charge on any atom is -0.338 e. The van der Waals surface area contributed by atoms with Gasteiger partial charge in [0.1, 0.15) is 5.82 Å². The van der Waals surface area contributed by atoms with Crippen LogP contribution in [-0.4, -0.2) is 49.6 Å². The second kappa shape index (κ2) is 7.79. The third kappa shape index (κ3) is 4.85. The van der Waals surface area contributed by atoms with Crippen molar-refractivity contribution in [1.29, 1.82) is 0 Å². The summed E-state index contributed by atoms with van der Waals surface area (Å²) in [5, 5.41) is 3.05. The molecule has 1 aromatic rings. The van der Waals surface area contributed by atoms with Gasteiger partial charge in [0.05, 0.1) is 5.02 Å². The van der Waals surface area contributed by atoms with Gasteiger partial charge in [0, 0.05) is 26.7 Å². The summed E-state index contributed by atoms with van der Waals surface area (Å²) in [6.07, 6.45) is 2.33. The summed E-state index contributed by atoms with van der Waals surface area (Å²) in [4.78, 5) is 15.9. The van der Waals surface area contributed by atoms with Gasteiger partial charge in [0.15, 0.2) is 0 Å². The molecule has 1 aromatic carbocycles. The Morgan fingerprint density at radius 3 is 3.00 bits per heavy atom. The molecule has 1 fully saturated rings. The van der Waals surface area contributed by atoms with Gasteiger partial charge in [-0.25, -0.2) is 9.18 Å². The van der Waals surface area contributed by atoms with Crippen molar-refractivity contribution < 1.29 is 9.18 Å². The number of hydrogen-bond donors (Lipinski definition) is 1. The molecule has 0 bridgehead atoms. The number of rotatable bonds is 4. The molecule has 6 heteroatoms. The summed E-state index contributed by atoms with van der Waals surface area (Å²) in [6, 6.07) is 4.46. The fraction of sp³-hybridized carbons (Fsp3) is 0.562. The van der Waals surface area contributed by atoms with Crippen LogP contribution in [0.5, 0.6) is 0 Å². The first-order valence-electron chi connectivity index (χ1n) is 7.57. The maximum atomic E-state index is 13.4. The Morgan fingerprint density at radius 1 is 1.55 bits per heavy atom. The van der Waals surface area contributed by atoms with Gasteiger partial charge >= 0.3 is 6.03 Å². The Hall–Kier alpha value is -1.33. The van der Waals surface area contributed by atoms with Gasteiger partial charge in [0.2, 0.25) is 0 Å². The quantitative estimate of drug-likeness (QED) is 0.923. The Bertz CT molecular complexity index is 526. The van der Waals surface area contributed by atoms with Gasteiger partial charge in [-0.15, -0.1) is 0 Å². The van der Waals surface area contributed by atoms with Crippen LogP contribution < -0.4 is 5.32 Å². The molecule has 1 saturated heterocycles. The smallest absolute Gasteiger partial charge is 0.317 e. The summed E-state index contributed by atoms with van der Waals surface area (Å²) in [7, 11) is 3.81. The van der Waals surface area contributed by atoms with E-state index < -0.39 is 5.82 Å². The molecule has 2 amide bonds. The Kier molecular flexibility index (Phi) is 6.03. The van der Waals surface area contributed by atoms with Crippen LogP contribution in [-0.2, 0) is 6.54 Å². The second-order valence-corrected chi connectivity index (χ2v) is 6.47. The van der Waals surface area contributed by atoms with Crippen LogP contribution in [0, 0.1) is 11.7 Å². The number of likely N-dealkylation sites (tertiary alicyclic amines) is 1. The Labute approximate surface area is 136 Å². The highest BCUT2D eigenvalue weighted by Gasteiger charge is 2.18. The molecular weight excluding hydrogens is 305 g/mol. The van der Waals surface area contributed by atoms with Gasteiger partial charge in [-0.2, -0.15) is 0 Å². The van der Waals surface area contributed by atoms with Crippen molar-refractivity contribution in [3.8, 4) is 0 Å². The van der Waals surface area contributed by atoms with Gasteiger partial charge < -0.3 is 15.1 Å². The lowest BCUT2D eigenvalue weighted by molar-refractivity contribution is 0.188. The van der Waals surface area contributed by atoms with Gasteiger partial charge in [-0.05, 0) is 50.0 Å².